The van der Waals surface area contributed by atoms with Crippen LogP contribution in [0.25, 0.3) is 0 Å². The van der Waals surface area contributed by atoms with E-state index in [2.05, 4.69) is 20.3 Å². The van der Waals surface area contributed by atoms with Crippen molar-refractivity contribution in [1.29, 1.82) is 0 Å². The van der Waals surface area contributed by atoms with Gasteiger partial charge in [0.15, 0.2) is 5.96 Å². The van der Waals surface area contributed by atoms with Gasteiger partial charge in [0.2, 0.25) is 10.0 Å². The Labute approximate surface area is 198 Å². The Kier molecular flexibility index (Phi) is 11.9. The number of hydrogen-bond donors (Lipinski definition) is 3. The number of hydrogen-bond acceptors (Lipinski definition) is 5. The highest BCUT2D eigenvalue weighted by molar-refractivity contribution is 14.0. The molecule has 0 saturated carbocycles. The number of aliphatic imine (C=N–C) groups is 1. The molecule has 0 radical (unpaired) electrons. The highest BCUT2D eigenvalue weighted by atomic mass is 127. The van der Waals surface area contributed by atoms with Crippen LogP contribution in [0.15, 0.2) is 45.6 Å². The van der Waals surface area contributed by atoms with Crippen LogP contribution in [0.3, 0.4) is 0 Å². The monoisotopic (exact) mass is 572 g/mol. The molecular formula is C18H26ClIN4O3S2. The summed E-state index contributed by atoms with van der Waals surface area (Å²) in [5.74, 6) is 1.49. The third-order valence-corrected chi connectivity index (χ3v) is 6.89. The second-order valence-corrected chi connectivity index (χ2v) is 9.41. The van der Waals surface area contributed by atoms with Gasteiger partial charge in [-0.25, -0.2) is 13.1 Å². The molecule has 2 rings (SSSR count). The van der Waals surface area contributed by atoms with E-state index in [1.54, 1.807) is 13.2 Å². The Hall–Kier alpha value is -1.08. The van der Waals surface area contributed by atoms with E-state index in [1.807, 2.05) is 31.2 Å². The van der Waals surface area contributed by atoms with Crippen LogP contribution in [0, 0.1) is 0 Å². The molecule has 0 saturated heterocycles. The Bertz CT molecular complexity index is 891. The number of rotatable bonds is 10. The summed E-state index contributed by atoms with van der Waals surface area (Å²) in [4.78, 5) is 4.40. The summed E-state index contributed by atoms with van der Waals surface area (Å²) in [5.41, 5.74) is 1.11. The van der Waals surface area contributed by atoms with Gasteiger partial charge in [0, 0.05) is 19.6 Å². The first-order valence-electron chi connectivity index (χ1n) is 8.85. The lowest BCUT2D eigenvalue weighted by molar-refractivity contribution is 0.409. The number of guanidine groups is 1. The molecule has 0 fully saturated rings. The van der Waals surface area contributed by atoms with Crippen molar-refractivity contribution >= 4 is 62.9 Å². The molecule has 11 heteroatoms. The first-order valence-corrected chi connectivity index (χ1v) is 11.5. The Morgan fingerprint density at radius 1 is 1.17 bits per heavy atom. The molecule has 0 spiro atoms. The zero-order chi connectivity index (χ0) is 20.4. The van der Waals surface area contributed by atoms with Crippen molar-refractivity contribution in [3.05, 3.63) is 46.3 Å². The number of halogens is 2. The molecule has 0 amide bonds. The number of sulfonamides is 1. The number of para-hydroxylation sites is 1. The minimum absolute atomic E-state index is 0. The molecule has 162 valence electrons. The average Bonchev–Trinajstić information content (AvgIpc) is 3.13. The van der Waals surface area contributed by atoms with Crippen LogP contribution in [0.5, 0.6) is 5.75 Å². The quantitative estimate of drug-likeness (QED) is 0.176. The molecule has 29 heavy (non-hydrogen) atoms. The van der Waals surface area contributed by atoms with Gasteiger partial charge in [0.05, 0.1) is 18.0 Å². The highest BCUT2D eigenvalue weighted by Crippen LogP contribution is 2.25. The van der Waals surface area contributed by atoms with E-state index >= 15 is 0 Å². The van der Waals surface area contributed by atoms with Gasteiger partial charge in [-0.3, -0.25) is 4.99 Å². The second kappa shape index (κ2) is 13.3. The summed E-state index contributed by atoms with van der Waals surface area (Å²) >= 11 is 6.82. The minimum atomic E-state index is -3.55. The topological polar surface area (TPSA) is 91.8 Å². The molecule has 0 bridgehead atoms. The Morgan fingerprint density at radius 2 is 1.93 bits per heavy atom. The molecule has 3 N–H and O–H groups in total. The molecule has 2 aromatic rings. The van der Waals surface area contributed by atoms with Crippen molar-refractivity contribution in [2.24, 2.45) is 4.99 Å². The lowest BCUT2D eigenvalue weighted by atomic mass is 10.1. The zero-order valence-electron chi connectivity index (χ0n) is 16.3. The minimum Gasteiger partial charge on any atom is -0.496 e. The molecule has 1 aromatic heterocycles. The normalized spacial score (nSPS) is 11.6. The molecule has 1 aromatic carbocycles. The van der Waals surface area contributed by atoms with E-state index in [9.17, 15) is 8.42 Å². The lowest BCUT2D eigenvalue weighted by Gasteiger charge is -2.13. The Morgan fingerprint density at radius 3 is 2.59 bits per heavy atom. The molecule has 0 unspecified atom stereocenters. The van der Waals surface area contributed by atoms with Gasteiger partial charge in [-0.1, -0.05) is 29.8 Å². The summed E-state index contributed by atoms with van der Waals surface area (Å²) < 4.78 is 32.8. The fraction of sp³-hybridized carbons (Fsp3) is 0.389. The Balaban J connectivity index is 0.00000420. The highest BCUT2D eigenvalue weighted by Gasteiger charge is 2.15. The third-order valence-electron chi connectivity index (χ3n) is 3.71. The van der Waals surface area contributed by atoms with Gasteiger partial charge in [-0.2, -0.15) is 0 Å². The van der Waals surface area contributed by atoms with E-state index in [0.29, 0.717) is 29.9 Å². The van der Waals surface area contributed by atoms with E-state index in [-0.39, 0.29) is 34.7 Å². The van der Waals surface area contributed by atoms with Crippen LogP contribution in [-0.2, 0) is 16.4 Å². The zero-order valence-corrected chi connectivity index (χ0v) is 21.0. The van der Waals surface area contributed by atoms with Gasteiger partial charge in [0.1, 0.15) is 9.96 Å². The fourth-order valence-electron chi connectivity index (χ4n) is 2.43. The van der Waals surface area contributed by atoms with Gasteiger partial charge in [-0.05, 0) is 37.1 Å². The maximum Gasteiger partial charge on any atom is 0.250 e. The number of nitrogens with zero attached hydrogens (tertiary/aromatic N) is 1. The molecule has 7 nitrogen and oxygen atoms in total. The van der Waals surface area contributed by atoms with E-state index in [1.165, 1.54) is 6.07 Å². The maximum atomic E-state index is 12.2. The van der Waals surface area contributed by atoms with Crippen molar-refractivity contribution in [2.75, 3.05) is 33.3 Å². The predicted molar refractivity (Wildman–Crippen MR) is 131 cm³/mol. The summed E-state index contributed by atoms with van der Waals surface area (Å²) in [7, 11) is -1.89. The van der Waals surface area contributed by atoms with Gasteiger partial charge in [-0.15, -0.1) is 35.3 Å². The molecular weight excluding hydrogens is 547 g/mol. The fourth-order valence-corrected chi connectivity index (χ4v) is 4.98. The molecule has 0 aliphatic heterocycles. The largest absolute Gasteiger partial charge is 0.496 e. The summed E-state index contributed by atoms with van der Waals surface area (Å²) in [6, 6.07) is 10.9. The number of methoxy groups -OCH3 is 1. The van der Waals surface area contributed by atoms with Crippen LogP contribution in [0.1, 0.15) is 12.5 Å². The van der Waals surface area contributed by atoms with E-state index in [0.717, 1.165) is 29.1 Å². The number of nitrogens with one attached hydrogen (secondary N) is 3. The SMILES string of the molecule is CCNC(=NCCNS(=O)(=O)c1ccc(Cl)s1)NCCc1ccccc1OC.I. The van der Waals surface area contributed by atoms with Gasteiger partial charge >= 0.3 is 0 Å². The lowest BCUT2D eigenvalue weighted by Crippen LogP contribution is -2.39. The van der Waals surface area contributed by atoms with Crippen LogP contribution >= 0.6 is 46.9 Å². The van der Waals surface area contributed by atoms with E-state index in [4.69, 9.17) is 16.3 Å². The summed E-state index contributed by atoms with van der Waals surface area (Å²) in [6.45, 7) is 3.86. The first-order chi connectivity index (χ1) is 13.5. The van der Waals surface area contributed by atoms with Crippen molar-refractivity contribution in [3.63, 3.8) is 0 Å². The smallest absolute Gasteiger partial charge is 0.250 e. The molecule has 0 aliphatic rings. The summed E-state index contributed by atoms with van der Waals surface area (Å²) in [6.07, 6.45) is 0.778. The van der Waals surface area contributed by atoms with Crippen molar-refractivity contribution in [3.8, 4) is 5.75 Å². The summed E-state index contributed by atoms with van der Waals surface area (Å²) in [5, 5.41) is 6.39. The van der Waals surface area contributed by atoms with Gasteiger partial charge < -0.3 is 15.4 Å². The molecule has 0 atom stereocenters. The van der Waals surface area contributed by atoms with Crippen molar-refractivity contribution < 1.29 is 13.2 Å². The van der Waals surface area contributed by atoms with Crippen LogP contribution in [0.2, 0.25) is 4.34 Å². The van der Waals surface area contributed by atoms with Crippen LogP contribution in [0.4, 0.5) is 0 Å². The first kappa shape index (κ1) is 26.0. The van der Waals surface area contributed by atoms with Crippen molar-refractivity contribution in [2.45, 2.75) is 17.6 Å². The van der Waals surface area contributed by atoms with Crippen LogP contribution < -0.4 is 20.1 Å². The third kappa shape index (κ3) is 8.67. The molecule has 0 aliphatic carbocycles. The predicted octanol–water partition coefficient (Wildman–Crippen LogP) is 3.10. The van der Waals surface area contributed by atoms with Crippen LogP contribution in [-0.4, -0.2) is 47.7 Å². The second-order valence-electron chi connectivity index (χ2n) is 5.71. The average molecular weight is 573 g/mol. The number of ether oxygens (including phenoxy) is 1. The standard InChI is InChI=1S/C18H25ClN4O3S2.HI/c1-3-20-18(21-11-10-14-6-4-5-7-15(14)26-2)22-12-13-23-28(24,25)17-9-8-16(19)27-17;/h4-9,23H,3,10-13H2,1-2H3,(H2,20,21,22);1H. The number of benzene rings is 1. The van der Waals surface area contributed by atoms with Gasteiger partial charge in [0.25, 0.3) is 0 Å². The number of thiophene rings is 1. The van der Waals surface area contributed by atoms with Crippen molar-refractivity contribution in [1.82, 2.24) is 15.4 Å². The maximum absolute atomic E-state index is 12.2. The van der Waals surface area contributed by atoms with E-state index < -0.39 is 10.0 Å². The molecule has 1 heterocycles.